The summed E-state index contributed by atoms with van der Waals surface area (Å²) in [5.41, 5.74) is 3.55. The van der Waals surface area contributed by atoms with E-state index in [0.29, 0.717) is 19.1 Å². The molecule has 0 aromatic carbocycles. The summed E-state index contributed by atoms with van der Waals surface area (Å²) in [5, 5.41) is 0. The quantitative estimate of drug-likeness (QED) is 0.558. The number of hydrogen-bond donors (Lipinski definition) is 0. The SMILES string of the molecule is C=C(C)C1CCC#CCOC/C(C)=C\c2cc(C)c(o2)C1. The third-order valence-electron chi connectivity index (χ3n) is 3.80. The molecule has 0 amide bonds. The molecule has 2 rings (SSSR count). The second-order valence-electron chi connectivity index (χ2n) is 5.88. The zero-order valence-electron chi connectivity index (χ0n) is 13.3. The molecule has 0 spiro atoms. The summed E-state index contributed by atoms with van der Waals surface area (Å²) in [6.45, 7) is 11.5. The maximum atomic E-state index is 6.00. The Morgan fingerprint density at radius 3 is 2.90 bits per heavy atom. The van der Waals surface area contributed by atoms with Gasteiger partial charge in [-0.25, -0.2) is 0 Å². The molecule has 2 heterocycles. The Bertz CT molecular complexity index is 593. The molecular formula is C19H24O2. The van der Waals surface area contributed by atoms with Crippen LogP contribution >= 0.6 is 0 Å². The first-order valence-corrected chi connectivity index (χ1v) is 7.51. The molecule has 1 aromatic rings. The molecule has 2 bridgehead atoms. The van der Waals surface area contributed by atoms with Crippen LogP contribution in [0.3, 0.4) is 0 Å². The van der Waals surface area contributed by atoms with Gasteiger partial charge in [-0.3, -0.25) is 0 Å². The van der Waals surface area contributed by atoms with Crippen molar-refractivity contribution in [1.29, 1.82) is 0 Å². The summed E-state index contributed by atoms with van der Waals surface area (Å²) >= 11 is 0. The predicted octanol–water partition coefficient (Wildman–Crippen LogP) is 4.54. The van der Waals surface area contributed by atoms with E-state index in [1.165, 1.54) is 11.1 Å². The van der Waals surface area contributed by atoms with Crippen LogP contribution in [-0.2, 0) is 11.2 Å². The van der Waals surface area contributed by atoms with Crippen molar-refractivity contribution in [3.05, 3.63) is 40.9 Å². The van der Waals surface area contributed by atoms with Crippen molar-refractivity contribution in [2.45, 2.75) is 40.0 Å². The lowest BCUT2D eigenvalue weighted by Gasteiger charge is -2.14. The van der Waals surface area contributed by atoms with Gasteiger partial charge in [-0.1, -0.05) is 18.1 Å². The second kappa shape index (κ2) is 7.33. The standard InChI is InChI=1S/C19H24O2/c1-14(2)17-8-6-5-7-9-20-13-15(3)10-18-11-16(4)19(12-17)21-18/h10-11,17H,1,6,8-9,12-13H2,2-4H3/b15-10-. The first-order valence-electron chi connectivity index (χ1n) is 7.51. The monoisotopic (exact) mass is 284 g/mol. The summed E-state index contributed by atoms with van der Waals surface area (Å²) in [5.74, 6) is 8.66. The van der Waals surface area contributed by atoms with Crippen molar-refractivity contribution in [1.82, 2.24) is 0 Å². The van der Waals surface area contributed by atoms with Crippen LogP contribution in [0.5, 0.6) is 0 Å². The molecule has 2 heteroatoms. The maximum absolute atomic E-state index is 6.00. The maximum Gasteiger partial charge on any atom is 0.127 e. The van der Waals surface area contributed by atoms with Crippen LogP contribution in [0.2, 0.25) is 0 Å². The molecule has 0 saturated carbocycles. The van der Waals surface area contributed by atoms with Crippen molar-refractivity contribution < 1.29 is 9.15 Å². The molecule has 1 aliphatic heterocycles. The largest absolute Gasteiger partial charge is 0.461 e. The predicted molar refractivity (Wildman–Crippen MR) is 86.9 cm³/mol. The Morgan fingerprint density at radius 1 is 1.33 bits per heavy atom. The van der Waals surface area contributed by atoms with E-state index in [1.54, 1.807) is 0 Å². The van der Waals surface area contributed by atoms with Crippen LogP contribution in [0, 0.1) is 24.7 Å². The third kappa shape index (κ3) is 4.65. The van der Waals surface area contributed by atoms with Gasteiger partial charge in [0.15, 0.2) is 0 Å². The van der Waals surface area contributed by atoms with E-state index in [-0.39, 0.29) is 0 Å². The van der Waals surface area contributed by atoms with Crippen molar-refractivity contribution in [3.8, 4) is 11.8 Å². The van der Waals surface area contributed by atoms with Gasteiger partial charge in [-0.05, 0) is 56.4 Å². The third-order valence-corrected chi connectivity index (χ3v) is 3.80. The Morgan fingerprint density at radius 2 is 2.14 bits per heavy atom. The summed E-state index contributed by atoms with van der Waals surface area (Å²) < 4.78 is 11.5. The zero-order valence-corrected chi connectivity index (χ0v) is 13.3. The van der Waals surface area contributed by atoms with Gasteiger partial charge >= 0.3 is 0 Å². The molecular weight excluding hydrogens is 260 g/mol. The highest BCUT2D eigenvalue weighted by molar-refractivity contribution is 5.49. The minimum Gasteiger partial charge on any atom is -0.461 e. The van der Waals surface area contributed by atoms with E-state index in [1.807, 2.05) is 13.0 Å². The van der Waals surface area contributed by atoms with E-state index in [2.05, 4.69) is 38.3 Å². The van der Waals surface area contributed by atoms with Crippen molar-refractivity contribution in [2.75, 3.05) is 13.2 Å². The number of fused-ring (bicyclic) bond motifs is 2. The van der Waals surface area contributed by atoms with Crippen molar-refractivity contribution >= 4 is 6.08 Å². The fourth-order valence-corrected chi connectivity index (χ4v) is 2.50. The van der Waals surface area contributed by atoms with Gasteiger partial charge in [0.1, 0.15) is 18.1 Å². The Kier molecular flexibility index (Phi) is 5.47. The molecule has 1 unspecified atom stereocenters. The van der Waals surface area contributed by atoms with Gasteiger partial charge in [-0.2, -0.15) is 0 Å². The molecule has 1 atom stereocenters. The first-order chi connectivity index (χ1) is 10.1. The smallest absolute Gasteiger partial charge is 0.127 e. The Labute approximate surface area is 127 Å². The van der Waals surface area contributed by atoms with E-state index in [4.69, 9.17) is 9.15 Å². The van der Waals surface area contributed by atoms with Crippen LogP contribution in [-0.4, -0.2) is 13.2 Å². The fourth-order valence-electron chi connectivity index (χ4n) is 2.50. The number of hydrogen-bond acceptors (Lipinski definition) is 2. The van der Waals surface area contributed by atoms with Gasteiger partial charge < -0.3 is 9.15 Å². The van der Waals surface area contributed by atoms with Crippen LogP contribution in [0.1, 0.15) is 43.8 Å². The van der Waals surface area contributed by atoms with E-state index < -0.39 is 0 Å². The highest BCUT2D eigenvalue weighted by Gasteiger charge is 2.15. The molecule has 0 radical (unpaired) electrons. The topological polar surface area (TPSA) is 22.4 Å². The number of allylic oxidation sites excluding steroid dienone is 1. The molecule has 0 fully saturated rings. The highest BCUT2D eigenvalue weighted by atomic mass is 16.5. The Balaban J connectivity index is 2.27. The van der Waals surface area contributed by atoms with Crippen LogP contribution in [0.25, 0.3) is 6.08 Å². The van der Waals surface area contributed by atoms with Crippen LogP contribution < -0.4 is 0 Å². The molecule has 112 valence electrons. The lowest BCUT2D eigenvalue weighted by Crippen LogP contribution is -2.06. The number of ether oxygens (including phenoxy) is 1. The number of furan rings is 1. The number of aryl methyl sites for hydroxylation is 1. The van der Waals surface area contributed by atoms with Crippen LogP contribution in [0.4, 0.5) is 0 Å². The minimum atomic E-state index is 0.422. The molecule has 1 aliphatic rings. The van der Waals surface area contributed by atoms with Gasteiger partial charge in [-0.15, -0.1) is 5.92 Å². The van der Waals surface area contributed by atoms with Crippen molar-refractivity contribution in [3.63, 3.8) is 0 Å². The van der Waals surface area contributed by atoms with Gasteiger partial charge in [0.05, 0.1) is 6.61 Å². The average Bonchev–Trinajstić information content (AvgIpc) is 2.75. The van der Waals surface area contributed by atoms with E-state index in [9.17, 15) is 0 Å². The molecule has 1 aromatic heterocycles. The zero-order chi connectivity index (χ0) is 15.2. The summed E-state index contributed by atoms with van der Waals surface area (Å²) in [7, 11) is 0. The van der Waals surface area contributed by atoms with Gasteiger partial charge in [0.25, 0.3) is 0 Å². The van der Waals surface area contributed by atoms with Crippen LogP contribution in [0.15, 0.2) is 28.2 Å². The van der Waals surface area contributed by atoms with E-state index in [0.717, 1.165) is 36.4 Å². The molecule has 21 heavy (non-hydrogen) atoms. The Hall–Kier alpha value is -1.72. The summed E-state index contributed by atoms with van der Waals surface area (Å²) in [6, 6.07) is 2.10. The summed E-state index contributed by atoms with van der Waals surface area (Å²) in [4.78, 5) is 0. The van der Waals surface area contributed by atoms with Gasteiger partial charge in [0.2, 0.25) is 0 Å². The first kappa shape index (κ1) is 15.7. The van der Waals surface area contributed by atoms with Gasteiger partial charge in [0, 0.05) is 12.8 Å². The molecule has 0 saturated heterocycles. The number of rotatable bonds is 1. The molecule has 0 N–H and O–H groups in total. The summed E-state index contributed by atoms with van der Waals surface area (Å²) in [6.07, 6.45) is 4.85. The average molecular weight is 284 g/mol. The highest BCUT2D eigenvalue weighted by Crippen LogP contribution is 2.25. The minimum absolute atomic E-state index is 0.422. The second-order valence-corrected chi connectivity index (χ2v) is 5.88. The normalized spacial score (nSPS) is 22.4. The molecule has 0 aliphatic carbocycles. The van der Waals surface area contributed by atoms with Crippen molar-refractivity contribution in [2.24, 2.45) is 5.92 Å². The molecule has 2 nitrogen and oxygen atoms in total. The lowest BCUT2D eigenvalue weighted by atomic mass is 9.91. The fraction of sp³-hybridized carbons (Fsp3) is 0.474. The van der Waals surface area contributed by atoms with E-state index >= 15 is 0 Å². The lowest BCUT2D eigenvalue weighted by molar-refractivity contribution is 0.192.